The van der Waals surface area contributed by atoms with Crippen LogP contribution < -0.4 is 15.5 Å². The lowest BCUT2D eigenvalue weighted by atomic mass is 10.1. The van der Waals surface area contributed by atoms with Gasteiger partial charge in [-0.05, 0) is 31.5 Å². The van der Waals surface area contributed by atoms with E-state index < -0.39 is 12.1 Å². The Labute approximate surface area is 152 Å². The summed E-state index contributed by atoms with van der Waals surface area (Å²) in [6.45, 7) is 3.64. The molecule has 2 N–H and O–H groups in total. The summed E-state index contributed by atoms with van der Waals surface area (Å²) in [7, 11) is 0. The van der Waals surface area contributed by atoms with Crippen molar-refractivity contribution in [3.63, 3.8) is 0 Å². The number of anilines is 1. The predicted molar refractivity (Wildman–Crippen MR) is 94.8 cm³/mol. The number of carbonyl (C=O) groups excluding carboxylic acids is 2. The number of nitrogens with zero attached hydrogens (tertiary/aromatic N) is 1. The first-order valence-corrected chi connectivity index (χ1v) is 8.16. The highest BCUT2D eigenvalue weighted by molar-refractivity contribution is 6.31. The van der Waals surface area contributed by atoms with Crippen LogP contribution in [-0.2, 0) is 14.3 Å². The van der Waals surface area contributed by atoms with Crippen LogP contribution in [0.15, 0.2) is 24.3 Å². The molecule has 3 atom stereocenters. The van der Waals surface area contributed by atoms with Crippen molar-refractivity contribution in [1.82, 2.24) is 10.6 Å². The van der Waals surface area contributed by atoms with Crippen LogP contribution in [0.5, 0.6) is 0 Å². The third kappa shape index (κ3) is 4.00. The van der Waals surface area contributed by atoms with Crippen molar-refractivity contribution in [1.29, 1.82) is 0 Å². The van der Waals surface area contributed by atoms with Crippen LogP contribution in [0, 0.1) is 0 Å². The SMILES string of the molecule is C[C@H]1OCCN[C@@H]1C(=O)NC1CCN(c2cccc(Cl)c2)C1=O.Cl. The highest BCUT2D eigenvalue weighted by atomic mass is 35.5. The van der Waals surface area contributed by atoms with Gasteiger partial charge in [0, 0.05) is 23.8 Å². The van der Waals surface area contributed by atoms with Crippen molar-refractivity contribution < 1.29 is 14.3 Å². The normalized spacial score (nSPS) is 26.8. The van der Waals surface area contributed by atoms with E-state index in [0.29, 0.717) is 31.1 Å². The molecule has 0 bridgehead atoms. The lowest BCUT2D eigenvalue weighted by Crippen LogP contribution is -2.57. The van der Waals surface area contributed by atoms with Gasteiger partial charge in [0.05, 0.1) is 12.7 Å². The lowest BCUT2D eigenvalue weighted by molar-refractivity contribution is -0.132. The molecule has 24 heavy (non-hydrogen) atoms. The quantitative estimate of drug-likeness (QED) is 0.838. The van der Waals surface area contributed by atoms with Crippen LogP contribution in [-0.4, -0.2) is 49.7 Å². The zero-order valence-electron chi connectivity index (χ0n) is 13.3. The number of amides is 2. The smallest absolute Gasteiger partial charge is 0.249 e. The molecule has 2 heterocycles. The van der Waals surface area contributed by atoms with Gasteiger partial charge < -0.3 is 20.3 Å². The topological polar surface area (TPSA) is 70.7 Å². The summed E-state index contributed by atoms with van der Waals surface area (Å²) in [4.78, 5) is 26.6. The Kier molecular flexibility index (Phi) is 6.46. The second-order valence-electron chi connectivity index (χ2n) is 5.83. The van der Waals surface area contributed by atoms with Crippen LogP contribution in [0.2, 0.25) is 5.02 Å². The number of hydrogen-bond donors (Lipinski definition) is 2. The van der Waals surface area contributed by atoms with Gasteiger partial charge in [0.15, 0.2) is 0 Å². The van der Waals surface area contributed by atoms with Crippen LogP contribution in [0.25, 0.3) is 0 Å². The number of ether oxygens (including phenoxy) is 1. The van der Waals surface area contributed by atoms with Gasteiger partial charge >= 0.3 is 0 Å². The lowest BCUT2D eigenvalue weighted by Gasteiger charge is -2.30. The molecule has 0 radical (unpaired) electrons. The van der Waals surface area contributed by atoms with Gasteiger partial charge in [-0.15, -0.1) is 12.4 Å². The monoisotopic (exact) mass is 373 g/mol. The van der Waals surface area contributed by atoms with E-state index in [9.17, 15) is 9.59 Å². The molecule has 0 saturated carbocycles. The first-order chi connectivity index (χ1) is 11.1. The number of halogens is 2. The standard InChI is InChI=1S/C16H20ClN3O3.ClH/c1-10-14(18-6-8-23-10)15(21)19-13-5-7-20(16(13)22)12-4-2-3-11(17)9-12;/h2-4,9-10,13-14,18H,5-8H2,1H3,(H,19,21);1H/t10-,13?,14+;/m1./s1. The molecule has 1 aromatic rings. The molecule has 1 aromatic carbocycles. The van der Waals surface area contributed by atoms with Gasteiger partial charge in [0.2, 0.25) is 11.8 Å². The Balaban J connectivity index is 0.00000208. The average molecular weight is 374 g/mol. The van der Waals surface area contributed by atoms with Gasteiger partial charge in [-0.2, -0.15) is 0 Å². The zero-order chi connectivity index (χ0) is 16.4. The van der Waals surface area contributed by atoms with Crippen molar-refractivity contribution in [3.8, 4) is 0 Å². The Morgan fingerprint density at radius 1 is 1.46 bits per heavy atom. The fourth-order valence-corrected chi connectivity index (χ4v) is 3.19. The molecule has 1 unspecified atom stereocenters. The largest absolute Gasteiger partial charge is 0.375 e. The summed E-state index contributed by atoms with van der Waals surface area (Å²) < 4.78 is 5.47. The molecule has 0 aliphatic carbocycles. The summed E-state index contributed by atoms with van der Waals surface area (Å²) in [5.41, 5.74) is 0.756. The van der Waals surface area contributed by atoms with E-state index in [1.165, 1.54) is 0 Å². The third-order valence-electron chi connectivity index (χ3n) is 4.24. The van der Waals surface area contributed by atoms with E-state index in [-0.39, 0.29) is 30.3 Å². The summed E-state index contributed by atoms with van der Waals surface area (Å²) in [6, 6.07) is 6.24. The van der Waals surface area contributed by atoms with Crippen LogP contribution in [0.4, 0.5) is 5.69 Å². The van der Waals surface area contributed by atoms with E-state index in [1.807, 2.05) is 19.1 Å². The highest BCUT2D eigenvalue weighted by Gasteiger charge is 2.36. The molecule has 2 saturated heterocycles. The Morgan fingerprint density at radius 2 is 2.25 bits per heavy atom. The van der Waals surface area contributed by atoms with E-state index in [2.05, 4.69) is 10.6 Å². The molecule has 132 valence electrons. The van der Waals surface area contributed by atoms with Crippen molar-refractivity contribution in [3.05, 3.63) is 29.3 Å². The van der Waals surface area contributed by atoms with Crippen molar-refractivity contribution >= 4 is 41.5 Å². The maximum Gasteiger partial charge on any atom is 0.249 e. The molecule has 0 aromatic heterocycles. The maximum atomic E-state index is 12.5. The molecule has 8 heteroatoms. The van der Waals surface area contributed by atoms with Crippen molar-refractivity contribution in [2.75, 3.05) is 24.6 Å². The third-order valence-corrected chi connectivity index (χ3v) is 4.48. The van der Waals surface area contributed by atoms with Crippen molar-refractivity contribution in [2.45, 2.75) is 31.5 Å². The molecular weight excluding hydrogens is 353 g/mol. The number of rotatable bonds is 3. The first-order valence-electron chi connectivity index (χ1n) is 7.78. The summed E-state index contributed by atoms with van der Waals surface area (Å²) in [5, 5.41) is 6.55. The van der Waals surface area contributed by atoms with E-state index in [0.717, 1.165) is 5.69 Å². The van der Waals surface area contributed by atoms with E-state index >= 15 is 0 Å². The van der Waals surface area contributed by atoms with Crippen LogP contribution in [0.3, 0.4) is 0 Å². The number of carbonyl (C=O) groups is 2. The van der Waals surface area contributed by atoms with Crippen molar-refractivity contribution in [2.24, 2.45) is 0 Å². The average Bonchev–Trinajstić information content (AvgIpc) is 2.88. The van der Waals surface area contributed by atoms with Gasteiger partial charge in [0.25, 0.3) is 0 Å². The Bertz CT molecular complexity index is 614. The summed E-state index contributed by atoms with van der Waals surface area (Å²) >= 11 is 5.98. The van der Waals surface area contributed by atoms with Gasteiger partial charge in [-0.3, -0.25) is 9.59 Å². The Hall–Kier alpha value is -1.34. The fraction of sp³-hybridized carbons (Fsp3) is 0.500. The second kappa shape index (κ2) is 8.16. The predicted octanol–water partition coefficient (Wildman–Crippen LogP) is 1.36. The first kappa shape index (κ1) is 19.0. The molecule has 2 amide bonds. The number of morpholine rings is 1. The van der Waals surface area contributed by atoms with Gasteiger partial charge in [-0.25, -0.2) is 0 Å². The summed E-state index contributed by atoms with van der Waals surface area (Å²) in [5.74, 6) is -0.298. The molecule has 0 spiro atoms. The number of benzene rings is 1. The minimum Gasteiger partial charge on any atom is -0.375 e. The number of hydrogen-bond acceptors (Lipinski definition) is 4. The van der Waals surface area contributed by atoms with Crippen LogP contribution >= 0.6 is 24.0 Å². The second-order valence-corrected chi connectivity index (χ2v) is 6.26. The number of nitrogens with one attached hydrogen (secondary N) is 2. The molecule has 6 nitrogen and oxygen atoms in total. The molecule has 2 fully saturated rings. The molecule has 3 rings (SSSR count). The minimum atomic E-state index is -0.502. The van der Waals surface area contributed by atoms with Crippen LogP contribution in [0.1, 0.15) is 13.3 Å². The molecule has 2 aliphatic rings. The fourth-order valence-electron chi connectivity index (χ4n) is 3.00. The van der Waals surface area contributed by atoms with Gasteiger partial charge in [-0.1, -0.05) is 17.7 Å². The maximum absolute atomic E-state index is 12.5. The Morgan fingerprint density at radius 3 is 2.96 bits per heavy atom. The molecule has 2 aliphatic heterocycles. The van der Waals surface area contributed by atoms with E-state index in [4.69, 9.17) is 16.3 Å². The highest BCUT2D eigenvalue weighted by Crippen LogP contribution is 2.24. The summed E-state index contributed by atoms with van der Waals surface area (Å²) in [6.07, 6.45) is 0.378. The minimum absolute atomic E-state index is 0. The van der Waals surface area contributed by atoms with E-state index in [1.54, 1.807) is 17.0 Å². The van der Waals surface area contributed by atoms with Gasteiger partial charge in [0.1, 0.15) is 12.1 Å². The zero-order valence-corrected chi connectivity index (χ0v) is 14.9. The molecular formula is C16H21Cl2N3O3.